The molecule has 3 rings (SSSR count). The number of anilines is 1. The van der Waals surface area contributed by atoms with Gasteiger partial charge in [-0.1, -0.05) is 18.2 Å². The van der Waals surface area contributed by atoms with Crippen LogP contribution in [0.1, 0.15) is 28.2 Å². The molecule has 0 aliphatic heterocycles. The topological polar surface area (TPSA) is 59.8 Å². The largest absolute Gasteiger partial charge is 0.326 e. The summed E-state index contributed by atoms with van der Waals surface area (Å²) in [7, 11) is 0. The van der Waals surface area contributed by atoms with Gasteiger partial charge in [-0.25, -0.2) is 9.67 Å². The maximum absolute atomic E-state index is 12.3. The van der Waals surface area contributed by atoms with Crippen molar-refractivity contribution in [2.45, 2.75) is 33.6 Å². The van der Waals surface area contributed by atoms with E-state index in [2.05, 4.69) is 22.0 Å². The van der Waals surface area contributed by atoms with Crippen molar-refractivity contribution in [1.82, 2.24) is 14.8 Å². The number of hydrogen-bond donors (Lipinski definition) is 1. The second kappa shape index (κ2) is 7.66. The van der Waals surface area contributed by atoms with Gasteiger partial charge in [-0.15, -0.1) is 17.9 Å². The minimum absolute atomic E-state index is 0.0758. The van der Waals surface area contributed by atoms with E-state index >= 15 is 0 Å². The Morgan fingerprint density at radius 3 is 2.88 bits per heavy atom. The first-order chi connectivity index (χ1) is 12.5. The first-order valence-electron chi connectivity index (χ1n) is 8.45. The number of thiazole rings is 1. The normalized spacial score (nSPS) is 10.7. The molecule has 0 atom stereocenters. The number of rotatable bonds is 6. The fraction of sp³-hybridized carbons (Fsp3) is 0.250. The zero-order valence-corrected chi connectivity index (χ0v) is 16.1. The van der Waals surface area contributed by atoms with Gasteiger partial charge in [-0.05, 0) is 44.9 Å². The Bertz CT molecular complexity index is 955. The van der Waals surface area contributed by atoms with Crippen LogP contribution in [0.2, 0.25) is 0 Å². The number of carbonyl (C=O) groups excluding carboxylic acids is 1. The Kier molecular flexibility index (Phi) is 5.32. The van der Waals surface area contributed by atoms with Gasteiger partial charge in [0.05, 0.1) is 17.8 Å². The zero-order chi connectivity index (χ0) is 18.7. The Balaban J connectivity index is 1.73. The molecule has 1 aromatic carbocycles. The van der Waals surface area contributed by atoms with Crippen LogP contribution in [0.3, 0.4) is 0 Å². The number of benzene rings is 1. The highest BCUT2D eigenvalue weighted by Gasteiger charge is 2.15. The summed E-state index contributed by atoms with van der Waals surface area (Å²) in [5.41, 5.74) is 5.88. The van der Waals surface area contributed by atoms with E-state index in [1.165, 1.54) is 16.9 Å². The number of nitrogens with zero attached hydrogens (tertiary/aromatic N) is 3. The lowest BCUT2D eigenvalue weighted by Gasteiger charge is -2.04. The zero-order valence-electron chi connectivity index (χ0n) is 15.2. The lowest BCUT2D eigenvalue weighted by Crippen LogP contribution is -2.14. The van der Waals surface area contributed by atoms with Gasteiger partial charge in [0, 0.05) is 22.3 Å². The Morgan fingerprint density at radius 2 is 2.15 bits per heavy atom. The number of hydrogen-bond acceptors (Lipinski definition) is 4. The summed E-state index contributed by atoms with van der Waals surface area (Å²) in [5, 5.41) is 10.2. The molecule has 0 unspecified atom stereocenters. The minimum atomic E-state index is -0.0758. The third-order valence-electron chi connectivity index (χ3n) is 4.15. The van der Waals surface area contributed by atoms with Crippen LogP contribution in [0.5, 0.6) is 0 Å². The van der Waals surface area contributed by atoms with Crippen LogP contribution in [-0.2, 0) is 17.6 Å². The second-order valence-electron chi connectivity index (χ2n) is 6.27. The summed E-state index contributed by atoms with van der Waals surface area (Å²) in [6.07, 6.45) is 2.91. The van der Waals surface area contributed by atoms with Gasteiger partial charge in [0.25, 0.3) is 0 Å². The lowest BCUT2D eigenvalue weighted by atomic mass is 10.1. The fourth-order valence-corrected chi connectivity index (χ4v) is 3.69. The molecule has 0 saturated heterocycles. The summed E-state index contributed by atoms with van der Waals surface area (Å²) in [6, 6.07) is 7.75. The van der Waals surface area contributed by atoms with Crippen molar-refractivity contribution in [3.63, 3.8) is 0 Å². The monoisotopic (exact) mass is 366 g/mol. The van der Waals surface area contributed by atoms with Crippen LogP contribution < -0.4 is 5.32 Å². The molecule has 26 heavy (non-hydrogen) atoms. The van der Waals surface area contributed by atoms with Crippen LogP contribution in [0, 0.1) is 20.8 Å². The SMILES string of the molecule is C=CCc1c(C)nn(-c2nc(CC(=O)Nc3cccc(C)c3)cs2)c1C. The summed E-state index contributed by atoms with van der Waals surface area (Å²) in [5.74, 6) is -0.0758. The van der Waals surface area contributed by atoms with Crippen molar-refractivity contribution in [2.75, 3.05) is 5.32 Å². The highest BCUT2D eigenvalue weighted by atomic mass is 32.1. The van der Waals surface area contributed by atoms with Gasteiger partial charge >= 0.3 is 0 Å². The molecule has 134 valence electrons. The Morgan fingerprint density at radius 1 is 1.35 bits per heavy atom. The predicted molar refractivity (Wildman–Crippen MR) is 106 cm³/mol. The molecule has 1 N–H and O–H groups in total. The number of amides is 1. The smallest absolute Gasteiger partial charge is 0.230 e. The van der Waals surface area contributed by atoms with Crippen LogP contribution in [-0.4, -0.2) is 20.7 Å². The second-order valence-corrected chi connectivity index (χ2v) is 7.11. The average molecular weight is 366 g/mol. The van der Waals surface area contributed by atoms with Crippen LogP contribution in [0.15, 0.2) is 42.3 Å². The molecule has 2 aromatic heterocycles. The third-order valence-corrected chi connectivity index (χ3v) is 5.02. The summed E-state index contributed by atoms with van der Waals surface area (Å²) in [4.78, 5) is 16.9. The van der Waals surface area contributed by atoms with E-state index in [1.54, 1.807) is 0 Å². The highest BCUT2D eigenvalue weighted by molar-refractivity contribution is 7.12. The van der Waals surface area contributed by atoms with E-state index in [9.17, 15) is 4.79 Å². The molecule has 0 radical (unpaired) electrons. The van der Waals surface area contributed by atoms with Gasteiger partial charge in [-0.2, -0.15) is 5.10 Å². The van der Waals surface area contributed by atoms with Gasteiger partial charge in [0.15, 0.2) is 0 Å². The van der Waals surface area contributed by atoms with Crippen LogP contribution >= 0.6 is 11.3 Å². The molecule has 3 aromatic rings. The summed E-state index contributed by atoms with van der Waals surface area (Å²) >= 11 is 1.49. The van der Waals surface area contributed by atoms with Gasteiger partial charge < -0.3 is 5.32 Å². The third kappa shape index (κ3) is 3.91. The van der Waals surface area contributed by atoms with Gasteiger partial charge in [-0.3, -0.25) is 4.79 Å². The number of allylic oxidation sites excluding steroid dienone is 1. The van der Waals surface area contributed by atoms with Crippen molar-refractivity contribution in [3.8, 4) is 5.13 Å². The van der Waals surface area contributed by atoms with E-state index in [0.29, 0.717) is 0 Å². The molecule has 0 spiro atoms. The van der Waals surface area contributed by atoms with Crippen molar-refractivity contribution < 1.29 is 4.79 Å². The predicted octanol–water partition coefficient (Wildman–Crippen LogP) is 4.16. The Labute approximate surface area is 157 Å². The average Bonchev–Trinajstić information content (AvgIpc) is 3.14. The molecule has 0 aliphatic carbocycles. The number of nitrogens with one attached hydrogen (secondary N) is 1. The minimum Gasteiger partial charge on any atom is -0.326 e. The first kappa shape index (κ1) is 18.1. The summed E-state index contributed by atoms with van der Waals surface area (Å²) < 4.78 is 1.85. The van der Waals surface area contributed by atoms with Crippen molar-refractivity contribution in [1.29, 1.82) is 0 Å². The molecule has 0 aliphatic rings. The molecule has 2 heterocycles. The highest BCUT2D eigenvalue weighted by Crippen LogP contribution is 2.22. The van der Waals surface area contributed by atoms with E-state index in [-0.39, 0.29) is 12.3 Å². The first-order valence-corrected chi connectivity index (χ1v) is 9.33. The van der Waals surface area contributed by atoms with E-state index in [0.717, 1.165) is 39.9 Å². The summed E-state index contributed by atoms with van der Waals surface area (Å²) in [6.45, 7) is 9.82. The maximum atomic E-state index is 12.3. The molecule has 1 amide bonds. The molecular formula is C20H22N4OS. The number of aryl methyl sites for hydroxylation is 2. The van der Waals surface area contributed by atoms with Crippen LogP contribution in [0.4, 0.5) is 5.69 Å². The number of aromatic nitrogens is 3. The number of carbonyl (C=O) groups is 1. The molecule has 5 nitrogen and oxygen atoms in total. The standard InChI is InChI=1S/C20H22N4OS/c1-5-7-18-14(3)23-24(15(18)4)20-22-17(12-26-20)11-19(25)21-16-9-6-8-13(2)10-16/h5-6,8-10,12H,1,7,11H2,2-4H3,(H,21,25). The fourth-order valence-electron chi connectivity index (χ4n) is 2.87. The maximum Gasteiger partial charge on any atom is 0.230 e. The van der Waals surface area contributed by atoms with E-state index < -0.39 is 0 Å². The molecule has 0 fully saturated rings. The van der Waals surface area contributed by atoms with Crippen molar-refractivity contribution >= 4 is 22.9 Å². The van der Waals surface area contributed by atoms with E-state index in [4.69, 9.17) is 0 Å². The quantitative estimate of drug-likeness (QED) is 0.666. The molecule has 0 bridgehead atoms. The molecule has 6 heteroatoms. The van der Waals surface area contributed by atoms with E-state index in [1.807, 2.05) is 61.2 Å². The van der Waals surface area contributed by atoms with Gasteiger partial charge in [0.2, 0.25) is 11.0 Å². The van der Waals surface area contributed by atoms with Crippen molar-refractivity contribution in [2.24, 2.45) is 0 Å². The molecular weight excluding hydrogens is 344 g/mol. The molecule has 0 saturated carbocycles. The lowest BCUT2D eigenvalue weighted by molar-refractivity contribution is -0.115. The van der Waals surface area contributed by atoms with Gasteiger partial charge in [0.1, 0.15) is 0 Å². The Hall–Kier alpha value is -2.73. The van der Waals surface area contributed by atoms with Crippen molar-refractivity contribution in [3.05, 3.63) is 70.5 Å². The van der Waals surface area contributed by atoms with Crippen LogP contribution in [0.25, 0.3) is 5.13 Å².